The van der Waals surface area contributed by atoms with Crippen LogP contribution in [0.25, 0.3) is 0 Å². The molecule has 150 valence electrons. The summed E-state index contributed by atoms with van der Waals surface area (Å²) in [5.74, 6) is 1.15. The van der Waals surface area contributed by atoms with Crippen molar-refractivity contribution in [2.45, 2.75) is 6.92 Å². The number of benzene rings is 1. The number of hydrogen-bond acceptors (Lipinski definition) is 7. The molecule has 3 rings (SSSR count). The van der Waals surface area contributed by atoms with Crippen molar-refractivity contribution in [3.8, 4) is 11.5 Å². The Morgan fingerprint density at radius 3 is 2.89 bits per heavy atom. The Kier molecular flexibility index (Phi) is 7.83. The van der Waals surface area contributed by atoms with Crippen LogP contribution >= 0.6 is 11.3 Å². The normalized spacial score (nSPS) is 14.9. The molecule has 1 aliphatic rings. The molecule has 0 bridgehead atoms. The van der Waals surface area contributed by atoms with Crippen LogP contribution in [0.5, 0.6) is 11.5 Å². The highest BCUT2D eigenvalue weighted by Gasteiger charge is 2.11. The van der Waals surface area contributed by atoms with Crippen molar-refractivity contribution in [2.24, 2.45) is 5.10 Å². The topological polar surface area (TPSA) is 72.4 Å². The number of nitrogens with zero attached hydrogens (tertiary/aromatic N) is 2. The van der Waals surface area contributed by atoms with Gasteiger partial charge in [0, 0.05) is 19.6 Å². The molecule has 0 atom stereocenters. The van der Waals surface area contributed by atoms with Crippen molar-refractivity contribution in [3.63, 3.8) is 0 Å². The van der Waals surface area contributed by atoms with Gasteiger partial charge in [0.25, 0.3) is 5.91 Å². The molecule has 28 heavy (non-hydrogen) atoms. The van der Waals surface area contributed by atoms with E-state index in [4.69, 9.17) is 14.2 Å². The van der Waals surface area contributed by atoms with Gasteiger partial charge in [0.05, 0.1) is 30.9 Å². The van der Waals surface area contributed by atoms with Gasteiger partial charge in [-0.2, -0.15) is 5.10 Å². The van der Waals surface area contributed by atoms with Crippen LogP contribution in [0, 0.1) is 0 Å². The fourth-order valence-corrected chi connectivity index (χ4v) is 3.34. The first-order valence-corrected chi connectivity index (χ1v) is 10.2. The summed E-state index contributed by atoms with van der Waals surface area (Å²) in [6, 6.07) is 9.19. The van der Waals surface area contributed by atoms with E-state index in [-0.39, 0.29) is 5.91 Å². The van der Waals surface area contributed by atoms with Gasteiger partial charge in [-0.1, -0.05) is 6.07 Å². The molecule has 1 fully saturated rings. The first-order chi connectivity index (χ1) is 13.8. The summed E-state index contributed by atoms with van der Waals surface area (Å²) in [6.45, 7) is 7.34. The van der Waals surface area contributed by atoms with Crippen molar-refractivity contribution in [2.75, 3.05) is 46.1 Å². The van der Waals surface area contributed by atoms with Crippen molar-refractivity contribution in [1.29, 1.82) is 0 Å². The number of thiophene rings is 1. The number of rotatable bonds is 9. The minimum absolute atomic E-state index is 0.223. The average Bonchev–Trinajstić information content (AvgIpc) is 3.25. The summed E-state index contributed by atoms with van der Waals surface area (Å²) in [6.07, 6.45) is 1.59. The first-order valence-electron chi connectivity index (χ1n) is 9.33. The van der Waals surface area contributed by atoms with E-state index < -0.39 is 0 Å². The molecule has 0 aliphatic carbocycles. The van der Waals surface area contributed by atoms with E-state index in [9.17, 15) is 4.79 Å². The van der Waals surface area contributed by atoms with Gasteiger partial charge in [0.1, 0.15) is 6.61 Å². The number of hydrazone groups is 1. The predicted octanol–water partition coefficient (Wildman–Crippen LogP) is 2.62. The summed E-state index contributed by atoms with van der Waals surface area (Å²) >= 11 is 1.37. The van der Waals surface area contributed by atoms with Crippen LogP contribution in [-0.4, -0.2) is 63.1 Å². The fraction of sp³-hybridized carbons (Fsp3) is 0.400. The molecule has 1 aromatic heterocycles. The standard InChI is InChI=1S/C20H25N3O4S/c1-2-26-18-14-16(15-21-22-20(24)19-4-3-13-28-19)5-6-17(18)27-12-9-23-7-10-25-11-8-23/h3-6,13-15H,2,7-12H2,1H3,(H,22,24)/b21-15+. The molecule has 0 radical (unpaired) electrons. The maximum Gasteiger partial charge on any atom is 0.281 e. The van der Waals surface area contributed by atoms with Crippen molar-refractivity contribution >= 4 is 23.5 Å². The van der Waals surface area contributed by atoms with Gasteiger partial charge in [0.15, 0.2) is 11.5 Å². The van der Waals surface area contributed by atoms with Crippen LogP contribution in [0.2, 0.25) is 0 Å². The number of amides is 1. The number of morpholine rings is 1. The van der Waals surface area contributed by atoms with Crippen LogP contribution in [0.1, 0.15) is 22.2 Å². The highest BCUT2D eigenvalue weighted by Crippen LogP contribution is 2.28. The third kappa shape index (κ3) is 6.05. The molecule has 1 aromatic carbocycles. The maximum atomic E-state index is 11.9. The van der Waals surface area contributed by atoms with E-state index in [1.165, 1.54) is 11.3 Å². The predicted molar refractivity (Wildman–Crippen MR) is 110 cm³/mol. The van der Waals surface area contributed by atoms with Crippen molar-refractivity contribution in [1.82, 2.24) is 10.3 Å². The zero-order valence-electron chi connectivity index (χ0n) is 15.9. The highest BCUT2D eigenvalue weighted by atomic mass is 32.1. The van der Waals surface area contributed by atoms with E-state index in [1.807, 2.05) is 36.6 Å². The van der Waals surface area contributed by atoms with Gasteiger partial charge >= 0.3 is 0 Å². The molecule has 0 unspecified atom stereocenters. The zero-order valence-corrected chi connectivity index (χ0v) is 16.7. The van der Waals surface area contributed by atoms with E-state index in [0.717, 1.165) is 38.4 Å². The molecule has 1 N–H and O–H groups in total. The number of carbonyl (C=O) groups excluding carboxylic acids is 1. The molecular formula is C20H25N3O4S. The van der Waals surface area contributed by atoms with Crippen molar-refractivity contribution < 1.29 is 19.0 Å². The Morgan fingerprint density at radius 1 is 1.29 bits per heavy atom. The van der Waals surface area contributed by atoms with Crippen LogP contribution in [0.3, 0.4) is 0 Å². The molecule has 7 nitrogen and oxygen atoms in total. The quantitative estimate of drug-likeness (QED) is 0.515. The lowest BCUT2D eigenvalue weighted by atomic mass is 10.2. The number of nitrogens with one attached hydrogen (secondary N) is 1. The molecule has 8 heteroatoms. The van der Waals surface area contributed by atoms with Crippen LogP contribution in [0.15, 0.2) is 40.8 Å². The first kappa shape index (κ1) is 20.3. The van der Waals surface area contributed by atoms with Crippen LogP contribution in [-0.2, 0) is 4.74 Å². The largest absolute Gasteiger partial charge is 0.490 e. The summed E-state index contributed by atoms with van der Waals surface area (Å²) in [5, 5.41) is 5.87. The SMILES string of the molecule is CCOc1cc(/C=N/NC(=O)c2cccs2)ccc1OCCN1CCOCC1. The fourth-order valence-electron chi connectivity index (χ4n) is 2.73. The Hall–Kier alpha value is -2.42. The van der Waals surface area contributed by atoms with Gasteiger partial charge < -0.3 is 14.2 Å². The minimum Gasteiger partial charge on any atom is -0.490 e. The summed E-state index contributed by atoms with van der Waals surface area (Å²) < 4.78 is 17.0. The Balaban J connectivity index is 1.55. The molecule has 2 aromatic rings. The molecule has 1 amide bonds. The van der Waals surface area contributed by atoms with Gasteiger partial charge in [-0.3, -0.25) is 9.69 Å². The maximum absolute atomic E-state index is 11.9. The summed E-state index contributed by atoms with van der Waals surface area (Å²) in [7, 11) is 0. The number of ether oxygens (including phenoxy) is 3. The van der Waals surface area contributed by atoms with E-state index in [2.05, 4.69) is 15.4 Å². The Bertz CT molecular complexity index is 774. The van der Waals surface area contributed by atoms with Crippen molar-refractivity contribution in [3.05, 3.63) is 46.2 Å². The van der Waals surface area contributed by atoms with E-state index >= 15 is 0 Å². The third-order valence-electron chi connectivity index (χ3n) is 4.16. The molecule has 0 saturated carbocycles. The van der Waals surface area contributed by atoms with Gasteiger partial charge in [0.2, 0.25) is 0 Å². The molecule has 1 aliphatic heterocycles. The highest BCUT2D eigenvalue weighted by molar-refractivity contribution is 7.12. The van der Waals surface area contributed by atoms with Crippen LogP contribution < -0.4 is 14.9 Å². The van der Waals surface area contributed by atoms with Gasteiger partial charge in [-0.25, -0.2) is 5.43 Å². The number of hydrogen-bond donors (Lipinski definition) is 1. The smallest absolute Gasteiger partial charge is 0.281 e. The monoisotopic (exact) mass is 403 g/mol. The van der Waals surface area contributed by atoms with Gasteiger partial charge in [-0.15, -0.1) is 11.3 Å². The summed E-state index contributed by atoms with van der Waals surface area (Å²) in [4.78, 5) is 14.8. The Labute approximate surface area is 168 Å². The molecule has 2 heterocycles. The summed E-state index contributed by atoms with van der Waals surface area (Å²) in [5.41, 5.74) is 3.34. The lowest BCUT2D eigenvalue weighted by Crippen LogP contribution is -2.38. The minimum atomic E-state index is -0.223. The molecule has 0 spiro atoms. The Morgan fingerprint density at radius 2 is 2.14 bits per heavy atom. The number of carbonyl (C=O) groups is 1. The second-order valence-electron chi connectivity index (χ2n) is 6.12. The van der Waals surface area contributed by atoms with E-state index in [0.29, 0.717) is 29.6 Å². The lowest BCUT2D eigenvalue weighted by Gasteiger charge is -2.26. The second-order valence-corrected chi connectivity index (χ2v) is 7.07. The zero-order chi connectivity index (χ0) is 19.6. The molecule has 1 saturated heterocycles. The lowest BCUT2D eigenvalue weighted by molar-refractivity contribution is 0.0321. The second kappa shape index (κ2) is 10.8. The van der Waals surface area contributed by atoms with Crippen LogP contribution in [0.4, 0.5) is 0 Å². The molecular weight excluding hydrogens is 378 g/mol. The van der Waals surface area contributed by atoms with E-state index in [1.54, 1.807) is 12.3 Å². The average molecular weight is 404 g/mol. The van der Waals surface area contributed by atoms with Gasteiger partial charge in [-0.05, 0) is 42.1 Å². The third-order valence-corrected chi connectivity index (χ3v) is 5.03.